The fourth-order valence-corrected chi connectivity index (χ4v) is 12.5. The molecule has 0 aliphatic carbocycles. The number of unbranched alkanes of at least 4 members (excludes halogenated alkanes) is 66. The van der Waals surface area contributed by atoms with Gasteiger partial charge in [0, 0.05) is 12.8 Å². The lowest BCUT2D eigenvalue weighted by Crippen LogP contribution is -2.05. The van der Waals surface area contributed by atoms with E-state index in [0.717, 1.165) is 25.7 Å². The number of carbonyl (C=O) groups is 2. The van der Waals surface area contributed by atoms with E-state index in [0.29, 0.717) is 26.1 Å². The fourth-order valence-electron chi connectivity index (χ4n) is 12.5. The smallest absolute Gasteiger partial charge is 0.305 e. The van der Waals surface area contributed by atoms with Gasteiger partial charge in [-0.15, -0.1) is 0 Å². The molecule has 0 unspecified atom stereocenters. The monoisotopic (exact) mass is 1190 g/mol. The van der Waals surface area contributed by atoms with E-state index in [1.165, 1.54) is 424 Å². The number of esters is 2. The van der Waals surface area contributed by atoms with Crippen molar-refractivity contribution in [2.24, 2.45) is 0 Å². The van der Waals surface area contributed by atoms with Gasteiger partial charge in [-0.25, -0.2) is 0 Å². The van der Waals surface area contributed by atoms with E-state index in [1.54, 1.807) is 0 Å². The highest BCUT2D eigenvalue weighted by Crippen LogP contribution is 2.20. The van der Waals surface area contributed by atoms with E-state index in [9.17, 15) is 9.59 Å². The first-order valence-corrected chi connectivity index (χ1v) is 39.9. The van der Waals surface area contributed by atoms with Crippen LogP contribution in [0.2, 0.25) is 0 Å². The summed E-state index contributed by atoms with van der Waals surface area (Å²) in [6, 6.07) is 0. The quantitative estimate of drug-likeness (QED) is 0.0450. The van der Waals surface area contributed by atoms with Crippen molar-refractivity contribution in [1.82, 2.24) is 0 Å². The van der Waals surface area contributed by atoms with Gasteiger partial charge in [-0.2, -0.15) is 0 Å². The Morgan fingerprint density at radius 1 is 0.155 bits per heavy atom. The van der Waals surface area contributed by atoms with Crippen LogP contribution in [0.15, 0.2) is 0 Å². The summed E-state index contributed by atoms with van der Waals surface area (Å²) >= 11 is 0. The molecule has 0 radical (unpaired) electrons. The maximum atomic E-state index is 12.0. The van der Waals surface area contributed by atoms with Crippen LogP contribution in [0.5, 0.6) is 0 Å². The van der Waals surface area contributed by atoms with Crippen LogP contribution in [0.1, 0.15) is 490 Å². The Bertz CT molecular complexity index is 1150. The van der Waals surface area contributed by atoms with Crippen LogP contribution in [0.3, 0.4) is 0 Å². The Balaban J connectivity index is 0. The summed E-state index contributed by atoms with van der Waals surface area (Å²) < 4.78 is 10.9. The molecule has 0 fully saturated rings. The first-order chi connectivity index (χ1) is 41.6. The standard InChI is InChI=1S/C44H88O2.C36H72O2/c1-3-5-7-9-11-13-15-17-19-21-23-25-27-29-31-33-35-37-39-41-43-46-44(45)42-40-38-36-34-32-30-28-26-24-22-20-18-16-14-12-10-8-6-4-2;1-3-5-7-9-11-13-15-17-19-21-23-25-27-29-31-33-35-38-36(37)34-32-30-28-26-24-22-20-18-16-14-12-10-8-6-4-2/h3-43H2,1-2H3;3-35H2,1-2H3. The average molecular weight is 1190 g/mol. The molecule has 0 aromatic rings. The first kappa shape index (κ1) is 85.0. The topological polar surface area (TPSA) is 52.6 Å². The molecule has 0 amide bonds. The molecule has 0 aromatic heterocycles. The molecule has 0 saturated carbocycles. The van der Waals surface area contributed by atoms with Crippen molar-refractivity contribution in [3.05, 3.63) is 0 Å². The van der Waals surface area contributed by atoms with Crippen molar-refractivity contribution in [2.75, 3.05) is 13.2 Å². The number of hydrogen-bond acceptors (Lipinski definition) is 4. The SMILES string of the molecule is CCCCCCCCCCCCCCCCCCCCCCOC(=O)CCCCCCCCCCCCCCCCCCCCC.CCCCCCCCCCCCCCCCCCOC(=O)CCCCCCCCCCCCCCCCC. The summed E-state index contributed by atoms with van der Waals surface area (Å²) in [5.41, 5.74) is 0. The van der Waals surface area contributed by atoms with Gasteiger partial charge in [0.15, 0.2) is 0 Å². The zero-order chi connectivity index (χ0) is 60.9. The van der Waals surface area contributed by atoms with Crippen molar-refractivity contribution in [3.63, 3.8) is 0 Å². The molecule has 0 aliphatic rings. The molecule has 84 heavy (non-hydrogen) atoms. The predicted molar refractivity (Wildman–Crippen MR) is 377 cm³/mol. The van der Waals surface area contributed by atoms with E-state index in [-0.39, 0.29) is 11.9 Å². The Morgan fingerprint density at radius 3 is 0.393 bits per heavy atom. The van der Waals surface area contributed by atoms with Crippen molar-refractivity contribution in [1.29, 1.82) is 0 Å². The molecule has 4 heteroatoms. The summed E-state index contributed by atoms with van der Waals surface area (Å²) in [4.78, 5) is 23.9. The highest BCUT2D eigenvalue weighted by atomic mass is 16.5. The summed E-state index contributed by atoms with van der Waals surface area (Å²) in [7, 11) is 0. The number of hydrogen-bond donors (Lipinski definition) is 0. The van der Waals surface area contributed by atoms with Gasteiger partial charge in [-0.05, 0) is 25.7 Å². The van der Waals surface area contributed by atoms with Gasteiger partial charge in [-0.1, -0.05) is 451 Å². The normalized spacial score (nSPS) is 11.4. The second kappa shape index (κ2) is 81.9. The zero-order valence-electron chi connectivity index (χ0n) is 59.0. The third-order valence-electron chi connectivity index (χ3n) is 18.5. The van der Waals surface area contributed by atoms with Gasteiger partial charge in [0.1, 0.15) is 0 Å². The van der Waals surface area contributed by atoms with Gasteiger partial charge in [0.25, 0.3) is 0 Å². The summed E-state index contributed by atoms with van der Waals surface area (Å²) in [5, 5.41) is 0. The second-order valence-electron chi connectivity index (χ2n) is 27.3. The maximum absolute atomic E-state index is 12.0. The van der Waals surface area contributed by atoms with Gasteiger partial charge in [0.2, 0.25) is 0 Å². The number of rotatable bonds is 74. The molecule has 0 aromatic carbocycles. The van der Waals surface area contributed by atoms with Gasteiger partial charge in [-0.3, -0.25) is 9.59 Å². The zero-order valence-corrected chi connectivity index (χ0v) is 59.0. The first-order valence-electron chi connectivity index (χ1n) is 39.9. The van der Waals surface area contributed by atoms with Gasteiger partial charge in [0.05, 0.1) is 13.2 Å². The average Bonchev–Trinajstić information content (AvgIpc) is 3.50. The summed E-state index contributed by atoms with van der Waals surface area (Å²) in [5.74, 6) is 0.0606. The minimum absolute atomic E-state index is 0.0284. The molecule has 0 N–H and O–H groups in total. The largest absolute Gasteiger partial charge is 0.466 e. The lowest BCUT2D eigenvalue weighted by Gasteiger charge is -2.06. The second-order valence-corrected chi connectivity index (χ2v) is 27.3. The van der Waals surface area contributed by atoms with Crippen LogP contribution >= 0.6 is 0 Å². The van der Waals surface area contributed by atoms with Gasteiger partial charge >= 0.3 is 11.9 Å². The lowest BCUT2D eigenvalue weighted by molar-refractivity contribution is -0.144. The maximum Gasteiger partial charge on any atom is 0.305 e. The van der Waals surface area contributed by atoms with Crippen LogP contribution in [0.25, 0.3) is 0 Å². The Labute approximate surface area is 531 Å². The van der Waals surface area contributed by atoms with E-state index >= 15 is 0 Å². The predicted octanol–water partition coefficient (Wildman–Crippen LogP) is 29.2. The summed E-state index contributed by atoms with van der Waals surface area (Å²) in [6.45, 7) is 10.4. The molecule has 4 nitrogen and oxygen atoms in total. The van der Waals surface area contributed by atoms with Crippen LogP contribution in [-0.4, -0.2) is 25.2 Å². The van der Waals surface area contributed by atoms with Crippen molar-refractivity contribution < 1.29 is 19.1 Å². The molecule has 0 rings (SSSR count). The van der Waals surface area contributed by atoms with E-state index in [2.05, 4.69) is 27.7 Å². The minimum Gasteiger partial charge on any atom is -0.466 e. The minimum atomic E-state index is 0.0284. The molecule has 0 heterocycles. The molecular weight excluding hydrogens is 1020 g/mol. The molecule has 0 saturated heterocycles. The van der Waals surface area contributed by atoms with E-state index < -0.39 is 0 Å². The Hall–Kier alpha value is -1.06. The molecular formula is C80H160O4. The molecule has 0 bridgehead atoms. The highest BCUT2D eigenvalue weighted by Gasteiger charge is 2.06. The fraction of sp³-hybridized carbons (Fsp3) is 0.975. The molecule has 0 atom stereocenters. The van der Waals surface area contributed by atoms with E-state index in [4.69, 9.17) is 9.47 Å². The van der Waals surface area contributed by atoms with Crippen molar-refractivity contribution in [2.45, 2.75) is 490 Å². The van der Waals surface area contributed by atoms with Crippen LogP contribution < -0.4 is 0 Å². The van der Waals surface area contributed by atoms with Crippen LogP contribution in [-0.2, 0) is 19.1 Å². The van der Waals surface area contributed by atoms with Gasteiger partial charge < -0.3 is 9.47 Å². The van der Waals surface area contributed by atoms with Crippen LogP contribution in [0, 0.1) is 0 Å². The van der Waals surface area contributed by atoms with Crippen molar-refractivity contribution >= 4 is 11.9 Å². The third-order valence-corrected chi connectivity index (χ3v) is 18.5. The van der Waals surface area contributed by atoms with Crippen LogP contribution in [0.4, 0.5) is 0 Å². The Morgan fingerprint density at radius 2 is 0.262 bits per heavy atom. The molecule has 0 aliphatic heterocycles. The Kier molecular flexibility index (Phi) is 82.9. The summed E-state index contributed by atoms with van der Waals surface area (Å²) in [6.07, 6.45) is 98.0. The number of ether oxygens (including phenoxy) is 2. The highest BCUT2D eigenvalue weighted by molar-refractivity contribution is 5.69. The molecule has 0 spiro atoms. The third kappa shape index (κ3) is 83.0. The lowest BCUT2D eigenvalue weighted by atomic mass is 10.0. The number of carbonyl (C=O) groups excluding carboxylic acids is 2. The molecule has 504 valence electrons. The van der Waals surface area contributed by atoms with Crippen molar-refractivity contribution in [3.8, 4) is 0 Å². The van der Waals surface area contributed by atoms with E-state index in [1.807, 2.05) is 0 Å².